The van der Waals surface area contributed by atoms with Crippen molar-refractivity contribution in [3.8, 4) is 5.95 Å². The summed E-state index contributed by atoms with van der Waals surface area (Å²) in [5.41, 5.74) is 2.16. The lowest BCUT2D eigenvalue weighted by atomic mass is 10.1. The molecule has 7 nitrogen and oxygen atoms in total. The molecule has 0 aliphatic rings. The molecule has 8 heteroatoms. The van der Waals surface area contributed by atoms with E-state index in [-0.39, 0.29) is 18.8 Å². The van der Waals surface area contributed by atoms with Crippen LogP contribution in [0.5, 0.6) is 0 Å². The van der Waals surface area contributed by atoms with Gasteiger partial charge in [0.2, 0.25) is 5.95 Å². The highest BCUT2D eigenvalue weighted by Gasteiger charge is 2.16. The lowest BCUT2D eigenvalue weighted by molar-refractivity contribution is -0.136. The molecule has 2 aromatic rings. The average molecular weight is 258 g/mol. The first kappa shape index (κ1) is 13.2. The van der Waals surface area contributed by atoms with Crippen molar-refractivity contribution in [3.05, 3.63) is 23.3 Å². The van der Waals surface area contributed by atoms with Gasteiger partial charge < -0.3 is 5.11 Å². The highest BCUT2D eigenvalue weighted by Crippen LogP contribution is 2.15. The summed E-state index contributed by atoms with van der Waals surface area (Å²) >= 11 is 0. The predicted molar refractivity (Wildman–Crippen MR) is 61.6 cm³/mol. The number of halogens is 1. The van der Waals surface area contributed by atoms with Crippen LogP contribution in [0.3, 0.4) is 0 Å². The van der Waals surface area contributed by atoms with Crippen LogP contribution < -0.4 is 0 Å². The van der Waals surface area contributed by atoms with Crippen LogP contribution >= 0.6 is 12.4 Å². The molecule has 0 atom stereocenters. The number of carbonyl (C=O) groups is 1. The molecule has 0 aliphatic carbocycles. The maximum atomic E-state index is 10.7. The van der Waals surface area contributed by atoms with Gasteiger partial charge in [-0.15, -0.1) is 12.4 Å². The maximum Gasteiger partial charge on any atom is 0.307 e. The summed E-state index contributed by atoms with van der Waals surface area (Å²) in [5, 5.41) is 19.4. The Morgan fingerprint density at radius 2 is 2.24 bits per heavy atom. The summed E-state index contributed by atoms with van der Waals surface area (Å²) < 4.78 is 1.56. The first-order valence-electron chi connectivity index (χ1n) is 4.72. The molecular weight excluding hydrogens is 246 g/mol. The van der Waals surface area contributed by atoms with Crippen LogP contribution in [0.25, 0.3) is 5.95 Å². The quantitative estimate of drug-likeness (QED) is 0.842. The van der Waals surface area contributed by atoms with Crippen molar-refractivity contribution in [1.82, 2.24) is 25.0 Å². The number of carboxylic acids is 1. The lowest BCUT2D eigenvalue weighted by Crippen LogP contribution is -2.04. The van der Waals surface area contributed by atoms with Gasteiger partial charge in [-0.1, -0.05) is 0 Å². The molecule has 2 aromatic heterocycles. The minimum absolute atomic E-state index is 0. The van der Waals surface area contributed by atoms with Crippen LogP contribution in [0.4, 0.5) is 0 Å². The Hall–Kier alpha value is -1.89. The third kappa shape index (κ3) is 2.44. The Bertz CT molecular complexity index is 520. The van der Waals surface area contributed by atoms with Gasteiger partial charge in [-0.2, -0.15) is 15.2 Å². The molecule has 0 aliphatic heterocycles. The second-order valence-electron chi connectivity index (χ2n) is 3.44. The van der Waals surface area contributed by atoms with Gasteiger partial charge in [0.1, 0.15) is 6.33 Å². The molecule has 0 unspecified atom stereocenters. The zero-order chi connectivity index (χ0) is 11.7. The molecule has 0 saturated carbocycles. The number of hydrogen-bond acceptors (Lipinski definition) is 4. The van der Waals surface area contributed by atoms with E-state index in [1.165, 1.54) is 6.33 Å². The fourth-order valence-corrected chi connectivity index (χ4v) is 1.59. The minimum atomic E-state index is -0.872. The molecule has 2 rings (SSSR count). The Labute approximate surface area is 103 Å². The van der Waals surface area contributed by atoms with E-state index in [1.807, 2.05) is 0 Å². The number of aromatic amines is 1. The molecule has 0 fully saturated rings. The zero-order valence-corrected chi connectivity index (χ0v) is 10.2. The van der Waals surface area contributed by atoms with E-state index in [9.17, 15) is 4.79 Å². The molecule has 0 amide bonds. The first-order chi connectivity index (χ1) is 7.59. The van der Waals surface area contributed by atoms with E-state index in [2.05, 4.69) is 20.3 Å². The van der Waals surface area contributed by atoms with Crippen LogP contribution in [0, 0.1) is 13.8 Å². The summed E-state index contributed by atoms with van der Waals surface area (Å²) in [6, 6.07) is 0. The largest absolute Gasteiger partial charge is 0.481 e. The first-order valence-corrected chi connectivity index (χ1v) is 4.72. The third-order valence-electron chi connectivity index (χ3n) is 2.37. The minimum Gasteiger partial charge on any atom is -0.481 e. The highest BCUT2D eigenvalue weighted by atomic mass is 35.5. The number of nitrogens with one attached hydrogen (secondary N) is 1. The number of H-pyrrole nitrogens is 1. The van der Waals surface area contributed by atoms with Crippen molar-refractivity contribution < 1.29 is 9.90 Å². The number of nitrogens with zero attached hydrogens (tertiary/aromatic N) is 4. The van der Waals surface area contributed by atoms with Crippen LogP contribution in [0.1, 0.15) is 17.0 Å². The van der Waals surface area contributed by atoms with Gasteiger partial charge in [0.15, 0.2) is 0 Å². The molecule has 0 radical (unpaired) electrons. The monoisotopic (exact) mass is 257 g/mol. The highest BCUT2D eigenvalue weighted by molar-refractivity contribution is 5.85. The van der Waals surface area contributed by atoms with Crippen molar-refractivity contribution in [2.24, 2.45) is 0 Å². The molecule has 0 spiro atoms. The number of carboxylic acid groups (broad SMARTS) is 1. The molecule has 0 bridgehead atoms. The van der Waals surface area contributed by atoms with Crippen molar-refractivity contribution >= 4 is 18.4 Å². The number of hydrogen-bond donors (Lipinski definition) is 2. The molecule has 2 heterocycles. The SMILES string of the molecule is Cc1nn(-c2ncn[nH]2)c(C)c1CC(=O)O.Cl. The van der Waals surface area contributed by atoms with E-state index in [0.717, 1.165) is 5.69 Å². The van der Waals surface area contributed by atoms with E-state index >= 15 is 0 Å². The maximum absolute atomic E-state index is 10.7. The molecule has 92 valence electrons. The van der Waals surface area contributed by atoms with Gasteiger partial charge in [0, 0.05) is 11.3 Å². The molecule has 0 aromatic carbocycles. The van der Waals surface area contributed by atoms with E-state index < -0.39 is 5.97 Å². The van der Waals surface area contributed by atoms with Crippen LogP contribution in [0.2, 0.25) is 0 Å². The average Bonchev–Trinajstić information content (AvgIpc) is 2.80. The van der Waals surface area contributed by atoms with Gasteiger partial charge in [-0.3, -0.25) is 4.79 Å². The smallest absolute Gasteiger partial charge is 0.307 e. The summed E-state index contributed by atoms with van der Waals surface area (Å²) in [6.07, 6.45) is 1.34. The number of aliphatic carboxylic acids is 1. The van der Waals surface area contributed by atoms with Gasteiger partial charge >= 0.3 is 5.97 Å². The molecule has 2 N–H and O–H groups in total. The fraction of sp³-hybridized carbons (Fsp3) is 0.333. The van der Waals surface area contributed by atoms with Gasteiger partial charge in [-0.05, 0) is 13.8 Å². The van der Waals surface area contributed by atoms with Crippen molar-refractivity contribution in [2.45, 2.75) is 20.3 Å². The van der Waals surface area contributed by atoms with E-state index in [4.69, 9.17) is 5.11 Å². The van der Waals surface area contributed by atoms with Crippen LogP contribution in [-0.2, 0) is 11.2 Å². The third-order valence-corrected chi connectivity index (χ3v) is 2.37. The molecule has 17 heavy (non-hydrogen) atoms. The normalized spacial score (nSPS) is 10.0. The van der Waals surface area contributed by atoms with Gasteiger partial charge in [-0.25, -0.2) is 9.78 Å². The van der Waals surface area contributed by atoms with Crippen molar-refractivity contribution in [1.29, 1.82) is 0 Å². The van der Waals surface area contributed by atoms with Crippen LogP contribution in [0.15, 0.2) is 6.33 Å². The molecule has 0 saturated heterocycles. The second kappa shape index (κ2) is 4.96. The van der Waals surface area contributed by atoms with Crippen molar-refractivity contribution in [3.63, 3.8) is 0 Å². The Morgan fingerprint density at radius 3 is 2.76 bits per heavy atom. The van der Waals surface area contributed by atoms with Gasteiger partial charge in [0.05, 0.1) is 12.1 Å². The topological polar surface area (TPSA) is 96.7 Å². The molecular formula is C9H12ClN5O2. The second-order valence-corrected chi connectivity index (χ2v) is 3.44. The van der Waals surface area contributed by atoms with E-state index in [1.54, 1.807) is 18.5 Å². The van der Waals surface area contributed by atoms with E-state index in [0.29, 0.717) is 17.2 Å². The Balaban J connectivity index is 0.00000144. The fourth-order valence-electron chi connectivity index (χ4n) is 1.59. The Morgan fingerprint density at radius 1 is 1.53 bits per heavy atom. The Kier molecular flexibility index (Phi) is 3.84. The standard InChI is InChI=1S/C9H11N5O2.ClH/c1-5-7(3-8(15)16)6(2)14(13-5)9-10-4-11-12-9;/h4H,3H2,1-2H3,(H,15,16)(H,10,11,12);1H. The number of rotatable bonds is 3. The zero-order valence-electron chi connectivity index (χ0n) is 9.34. The number of aromatic nitrogens is 5. The van der Waals surface area contributed by atoms with Gasteiger partial charge in [0.25, 0.3) is 0 Å². The summed E-state index contributed by atoms with van der Waals surface area (Å²) in [7, 11) is 0. The predicted octanol–water partition coefficient (Wildman–Crippen LogP) is 0.656. The summed E-state index contributed by atoms with van der Waals surface area (Å²) in [6.45, 7) is 3.58. The summed E-state index contributed by atoms with van der Waals surface area (Å²) in [5.74, 6) is -0.388. The summed E-state index contributed by atoms with van der Waals surface area (Å²) in [4.78, 5) is 14.7. The lowest BCUT2D eigenvalue weighted by Gasteiger charge is -1.99. The van der Waals surface area contributed by atoms with Crippen LogP contribution in [-0.4, -0.2) is 36.0 Å². The van der Waals surface area contributed by atoms with Crippen molar-refractivity contribution in [2.75, 3.05) is 0 Å². The number of aryl methyl sites for hydroxylation is 1.